The van der Waals surface area contributed by atoms with E-state index in [0.717, 1.165) is 5.69 Å². The number of aliphatic hydroxyl groups is 1. The van der Waals surface area contributed by atoms with Gasteiger partial charge in [0.15, 0.2) is 0 Å². The van der Waals surface area contributed by atoms with Crippen LogP contribution in [0.4, 0.5) is 22.7 Å². The van der Waals surface area contributed by atoms with Crippen molar-refractivity contribution < 1.29 is 29.0 Å². The predicted molar refractivity (Wildman–Crippen MR) is 130 cm³/mol. The normalized spacial score (nSPS) is 10.9. The van der Waals surface area contributed by atoms with Crippen molar-refractivity contribution >= 4 is 28.7 Å². The van der Waals surface area contributed by atoms with Crippen LogP contribution in [0.5, 0.6) is 0 Å². The van der Waals surface area contributed by atoms with Crippen molar-refractivity contribution in [1.29, 1.82) is 0 Å². The van der Waals surface area contributed by atoms with E-state index in [-0.39, 0.29) is 25.5 Å². The highest BCUT2D eigenvalue weighted by molar-refractivity contribution is 5.86. The molecule has 0 spiro atoms. The molecule has 2 rings (SSSR count). The van der Waals surface area contributed by atoms with E-state index in [1.54, 1.807) is 19.1 Å². The van der Waals surface area contributed by atoms with Gasteiger partial charge in [0.05, 0.1) is 55.9 Å². The number of azo groups is 1. The highest BCUT2D eigenvalue weighted by Gasteiger charge is 2.10. The van der Waals surface area contributed by atoms with Crippen LogP contribution in [0.15, 0.2) is 70.9 Å². The first-order valence-corrected chi connectivity index (χ1v) is 11.0. The Bertz CT molecular complexity index is 978. The molecule has 0 unspecified atom stereocenters. The number of ether oxygens (including phenoxy) is 3. The molecule has 0 atom stereocenters. The molecule has 0 heterocycles. The SMILES string of the molecule is C=C(C)C(=O)OCCN(CCOCCOCCO)c1ccc(/N=N/c2ccc([N+](=O)[O-])cc2)cc1. The molecule has 11 heteroatoms. The van der Waals surface area contributed by atoms with Gasteiger partial charge in [0.2, 0.25) is 0 Å². The van der Waals surface area contributed by atoms with Crippen LogP contribution in [-0.2, 0) is 19.0 Å². The number of rotatable bonds is 16. The Morgan fingerprint density at radius 3 is 2.03 bits per heavy atom. The molecule has 2 aromatic carbocycles. The maximum Gasteiger partial charge on any atom is 0.333 e. The predicted octanol–water partition coefficient (Wildman–Crippen LogP) is 3.96. The summed E-state index contributed by atoms with van der Waals surface area (Å²) in [7, 11) is 0. The maximum atomic E-state index is 11.7. The average Bonchev–Trinajstić information content (AvgIpc) is 2.86. The lowest BCUT2D eigenvalue weighted by atomic mass is 10.2. The molecule has 2 aromatic rings. The minimum Gasteiger partial charge on any atom is -0.460 e. The summed E-state index contributed by atoms with van der Waals surface area (Å²) >= 11 is 0. The summed E-state index contributed by atoms with van der Waals surface area (Å²) in [6, 6.07) is 13.1. The van der Waals surface area contributed by atoms with Gasteiger partial charge in [-0.3, -0.25) is 10.1 Å². The molecule has 0 saturated heterocycles. The van der Waals surface area contributed by atoms with E-state index in [9.17, 15) is 14.9 Å². The summed E-state index contributed by atoms with van der Waals surface area (Å²) in [4.78, 5) is 24.0. The molecule has 35 heavy (non-hydrogen) atoms. The Labute approximate surface area is 203 Å². The fourth-order valence-corrected chi connectivity index (χ4v) is 2.79. The molecule has 0 amide bonds. The number of non-ortho nitro benzene ring substituents is 1. The number of nitro groups is 1. The van der Waals surface area contributed by atoms with Gasteiger partial charge in [-0.25, -0.2) is 4.79 Å². The lowest BCUT2D eigenvalue weighted by Gasteiger charge is -2.24. The standard InChI is InChI=1S/C24H30N4O7/c1-19(2)24(30)35-15-12-27(11-14-33-17-18-34-16-13-29)22-7-3-20(4-8-22)25-26-21-5-9-23(10-6-21)28(31)32/h3-10,29H,1,11-18H2,2H3/b26-25+. The van der Waals surface area contributed by atoms with E-state index in [0.29, 0.717) is 49.9 Å². The number of benzene rings is 2. The molecule has 188 valence electrons. The van der Waals surface area contributed by atoms with Crippen LogP contribution in [0.3, 0.4) is 0 Å². The molecule has 0 saturated carbocycles. The summed E-state index contributed by atoms with van der Waals surface area (Å²) in [6.45, 7) is 7.84. The summed E-state index contributed by atoms with van der Waals surface area (Å²) in [5, 5.41) is 27.7. The summed E-state index contributed by atoms with van der Waals surface area (Å²) in [6.07, 6.45) is 0. The van der Waals surface area contributed by atoms with Gasteiger partial charge in [-0.15, -0.1) is 0 Å². The van der Waals surface area contributed by atoms with Crippen LogP contribution in [0.1, 0.15) is 6.92 Å². The van der Waals surface area contributed by atoms with Gasteiger partial charge < -0.3 is 24.2 Å². The zero-order valence-corrected chi connectivity index (χ0v) is 19.7. The third-order valence-electron chi connectivity index (χ3n) is 4.61. The number of esters is 1. The largest absolute Gasteiger partial charge is 0.460 e. The number of anilines is 1. The number of nitrogens with zero attached hydrogens (tertiary/aromatic N) is 4. The second kappa shape index (κ2) is 15.3. The lowest BCUT2D eigenvalue weighted by molar-refractivity contribution is -0.384. The number of nitro benzene ring substituents is 1. The van der Waals surface area contributed by atoms with E-state index in [2.05, 4.69) is 16.8 Å². The van der Waals surface area contributed by atoms with E-state index >= 15 is 0 Å². The van der Waals surface area contributed by atoms with Crippen LogP contribution < -0.4 is 4.90 Å². The molecule has 0 fully saturated rings. The van der Waals surface area contributed by atoms with Gasteiger partial charge in [0.25, 0.3) is 5.69 Å². The van der Waals surface area contributed by atoms with Crippen LogP contribution in [0, 0.1) is 10.1 Å². The average molecular weight is 487 g/mol. The van der Waals surface area contributed by atoms with Crippen molar-refractivity contribution in [2.45, 2.75) is 6.92 Å². The first-order chi connectivity index (χ1) is 16.9. The lowest BCUT2D eigenvalue weighted by Crippen LogP contribution is -2.32. The molecule has 0 aliphatic carbocycles. The Morgan fingerprint density at radius 2 is 1.49 bits per heavy atom. The number of hydrogen-bond donors (Lipinski definition) is 1. The zero-order chi connectivity index (χ0) is 25.5. The van der Waals surface area contributed by atoms with Crippen molar-refractivity contribution in [3.05, 3.63) is 70.8 Å². The van der Waals surface area contributed by atoms with Crippen molar-refractivity contribution in [3.8, 4) is 0 Å². The Balaban J connectivity index is 1.96. The van der Waals surface area contributed by atoms with Crippen molar-refractivity contribution in [2.24, 2.45) is 10.2 Å². The molecule has 11 nitrogen and oxygen atoms in total. The number of hydrogen-bond acceptors (Lipinski definition) is 10. The van der Waals surface area contributed by atoms with Gasteiger partial charge in [-0.05, 0) is 43.3 Å². The topological polar surface area (TPSA) is 136 Å². The van der Waals surface area contributed by atoms with Crippen LogP contribution in [0.2, 0.25) is 0 Å². The van der Waals surface area contributed by atoms with Gasteiger partial charge in [0.1, 0.15) is 6.61 Å². The number of aliphatic hydroxyl groups excluding tert-OH is 1. The fourth-order valence-electron chi connectivity index (χ4n) is 2.79. The third kappa shape index (κ3) is 10.4. The van der Waals surface area contributed by atoms with Crippen molar-refractivity contribution in [2.75, 3.05) is 57.6 Å². The summed E-state index contributed by atoms with van der Waals surface area (Å²) in [5.41, 5.74) is 2.32. The van der Waals surface area contributed by atoms with Crippen LogP contribution in [-0.4, -0.2) is 68.7 Å². The number of carbonyl (C=O) groups excluding carboxylic acids is 1. The zero-order valence-electron chi connectivity index (χ0n) is 19.7. The highest BCUT2D eigenvalue weighted by Crippen LogP contribution is 2.23. The highest BCUT2D eigenvalue weighted by atomic mass is 16.6. The second-order valence-corrected chi connectivity index (χ2v) is 7.34. The second-order valence-electron chi connectivity index (χ2n) is 7.34. The van der Waals surface area contributed by atoms with E-state index in [1.807, 2.05) is 17.0 Å². The van der Waals surface area contributed by atoms with Gasteiger partial charge in [-0.1, -0.05) is 6.58 Å². The summed E-state index contributed by atoms with van der Waals surface area (Å²) in [5.74, 6) is -0.441. The van der Waals surface area contributed by atoms with Crippen molar-refractivity contribution in [3.63, 3.8) is 0 Å². The smallest absolute Gasteiger partial charge is 0.333 e. The molecule has 1 N–H and O–H groups in total. The first kappa shape index (κ1) is 27.6. The first-order valence-electron chi connectivity index (χ1n) is 11.0. The molecule has 0 aromatic heterocycles. The maximum absolute atomic E-state index is 11.7. The molecule has 0 aliphatic heterocycles. The minimum absolute atomic E-state index is 0.0102. The monoisotopic (exact) mass is 486 g/mol. The summed E-state index contributed by atoms with van der Waals surface area (Å²) < 4.78 is 16.0. The third-order valence-corrected chi connectivity index (χ3v) is 4.61. The Morgan fingerprint density at radius 1 is 0.943 bits per heavy atom. The molecule has 0 radical (unpaired) electrons. The van der Waals surface area contributed by atoms with Gasteiger partial charge >= 0.3 is 5.97 Å². The number of carbonyl (C=O) groups is 1. The molecule has 0 bridgehead atoms. The van der Waals surface area contributed by atoms with Crippen LogP contribution in [0.25, 0.3) is 0 Å². The van der Waals surface area contributed by atoms with Gasteiger partial charge in [-0.2, -0.15) is 10.2 Å². The van der Waals surface area contributed by atoms with Crippen molar-refractivity contribution in [1.82, 2.24) is 0 Å². The van der Waals surface area contributed by atoms with E-state index in [4.69, 9.17) is 19.3 Å². The quantitative estimate of drug-likeness (QED) is 0.0940. The Hall–Kier alpha value is -3.67. The van der Waals surface area contributed by atoms with Crippen LogP contribution >= 0.6 is 0 Å². The molecular formula is C24H30N4O7. The van der Waals surface area contributed by atoms with Gasteiger partial charge in [0, 0.05) is 29.9 Å². The molecular weight excluding hydrogens is 456 g/mol. The van der Waals surface area contributed by atoms with E-state index < -0.39 is 10.9 Å². The molecule has 0 aliphatic rings. The fraction of sp³-hybridized carbons (Fsp3) is 0.375. The van der Waals surface area contributed by atoms with E-state index in [1.165, 1.54) is 24.3 Å². The minimum atomic E-state index is -0.471. The Kier molecular flexibility index (Phi) is 12.0.